The number of nitrogens with zero attached hydrogens (tertiary/aromatic N) is 2. The third kappa shape index (κ3) is 3.06. The number of amides is 1. The standard InChI is InChI=1S/C15H18N4O/c1-16-14-10-17-9-8-13(14)15(20)18-11-4-6-12(7-5-11)19(2)3/h4-10,16H,1-3H3,(H,18,20). The van der Waals surface area contributed by atoms with E-state index in [0.717, 1.165) is 11.4 Å². The Morgan fingerprint density at radius 2 is 1.85 bits per heavy atom. The molecule has 1 aromatic carbocycles. The highest BCUT2D eigenvalue weighted by Gasteiger charge is 2.10. The second-order valence-corrected chi connectivity index (χ2v) is 4.57. The molecule has 5 nitrogen and oxygen atoms in total. The molecule has 2 aromatic rings. The van der Waals surface area contributed by atoms with Crippen molar-refractivity contribution in [1.29, 1.82) is 0 Å². The lowest BCUT2D eigenvalue weighted by Crippen LogP contribution is -2.14. The molecule has 0 aliphatic rings. The Morgan fingerprint density at radius 3 is 2.45 bits per heavy atom. The van der Waals surface area contributed by atoms with Gasteiger partial charge in [0.2, 0.25) is 0 Å². The first-order valence-corrected chi connectivity index (χ1v) is 6.32. The summed E-state index contributed by atoms with van der Waals surface area (Å²) in [6, 6.07) is 9.37. The Hall–Kier alpha value is -2.56. The number of pyridine rings is 1. The molecular weight excluding hydrogens is 252 g/mol. The van der Waals surface area contributed by atoms with Crippen LogP contribution in [0.1, 0.15) is 10.4 Å². The van der Waals surface area contributed by atoms with Gasteiger partial charge in [-0.05, 0) is 30.3 Å². The Kier molecular flexibility index (Phi) is 4.20. The number of nitrogens with one attached hydrogen (secondary N) is 2. The number of carbonyl (C=O) groups excluding carboxylic acids is 1. The molecule has 1 aromatic heterocycles. The molecule has 20 heavy (non-hydrogen) atoms. The van der Waals surface area contributed by atoms with E-state index in [9.17, 15) is 4.79 Å². The van der Waals surface area contributed by atoms with Crippen LogP contribution >= 0.6 is 0 Å². The first-order valence-electron chi connectivity index (χ1n) is 6.32. The van der Waals surface area contributed by atoms with Crippen LogP contribution in [0.2, 0.25) is 0 Å². The van der Waals surface area contributed by atoms with Crippen molar-refractivity contribution in [3.63, 3.8) is 0 Å². The zero-order valence-corrected chi connectivity index (χ0v) is 11.8. The summed E-state index contributed by atoms with van der Waals surface area (Å²) in [5.74, 6) is -0.158. The third-order valence-corrected chi connectivity index (χ3v) is 2.98. The number of benzene rings is 1. The summed E-state index contributed by atoms with van der Waals surface area (Å²) in [7, 11) is 5.72. The van der Waals surface area contributed by atoms with Gasteiger partial charge in [0.05, 0.1) is 17.4 Å². The summed E-state index contributed by atoms with van der Waals surface area (Å²) in [5.41, 5.74) is 3.12. The maximum Gasteiger partial charge on any atom is 0.257 e. The summed E-state index contributed by atoms with van der Waals surface area (Å²) in [5, 5.41) is 5.83. The van der Waals surface area contributed by atoms with Gasteiger partial charge in [-0.3, -0.25) is 9.78 Å². The summed E-state index contributed by atoms with van der Waals surface area (Å²) in [4.78, 5) is 18.2. The molecule has 0 bridgehead atoms. The van der Waals surface area contributed by atoms with Gasteiger partial charge >= 0.3 is 0 Å². The van der Waals surface area contributed by atoms with Gasteiger partial charge in [0, 0.05) is 38.7 Å². The van der Waals surface area contributed by atoms with Gasteiger partial charge in [0.25, 0.3) is 5.91 Å². The molecule has 0 atom stereocenters. The van der Waals surface area contributed by atoms with E-state index in [2.05, 4.69) is 15.6 Å². The van der Waals surface area contributed by atoms with Crippen LogP contribution in [0.5, 0.6) is 0 Å². The molecule has 0 aliphatic carbocycles. The molecule has 0 radical (unpaired) electrons. The quantitative estimate of drug-likeness (QED) is 0.896. The molecule has 0 spiro atoms. The minimum atomic E-state index is -0.158. The van der Waals surface area contributed by atoms with Crippen molar-refractivity contribution in [2.45, 2.75) is 0 Å². The lowest BCUT2D eigenvalue weighted by Gasteiger charge is -2.13. The van der Waals surface area contributed by atoms with Crippen molar-refractivity contribution in [2.75, 3.05) is 36.7 Å². The Bertz CT molecular complexity index is 593. The van der Waals surface area contributed by atoms with Gasteiger partial charge in [-0.1, -0.05) is 0 Å². The van der Waals surface area contributed by atoms with Crippen LogP contribution < -0.4 is 15.5 Å². The van der Waals surface area contributed by atoms with Gasteiger partial charge < -0.3 is 15.5 Å². The van der Waals surface area contributed by atoms with Crippen molar-refractivity contribution in [3.05, 3.63) is 48.3 Å². The van der Waals surface area contributed by atoms with Gasteiger partial charge in [-0.2, -0.15) is 0 Å². The molecule has 2 N–H and O–H groups in total. The van der Waals surface area contributed by atoms with Crippen LogP contribution in [-0.2, 0) is 0 Å². The number of rotatable bonds is 4. The highest BCUT2D eigenvalue weighted by molar-refractivity contribution is 6.07. The number of carbonyl (C=O) groups is 1. The smallest absolute Gasteiger partial charge is 0.257 e. The zero-order chi connectivity index (χ0) is 14.5. The molecule has 0 unspecified atom stereocenters. The predicted octanol–water partition coefficient (Wildman–Crippen LogP) is 2.44. The van der Waals surface area contributed by atoms with Crippen molar-refractivity contribution < 1.29 is 4.79 Å². The first kappa shape index (κ1) is 13.9. The van der Waals surface area contributed by atoms with Crippen LogP contribution in [0.3, 0.4) is 0 Å². The van der Waals surface area contributed by atoms with Gasteiger partial charge in [0.15, 0.2) is 0 Å². The van der Waals surface area contributed by atoms with E-state index in [-0.39, 0.29) is 5.91 Å². The molecular formula is C15H18N4O. The highest BCUT2D eigenvalue weighted by Crippen LogP contribution is 2.18. The van der Waals surface area contributed by atoms with E-state index in [0.29, 0.717) is 11.3 Å². The lowest BCUT2D eigenvalue weighted by molar-refractivity contribution is 0.102. The summed E-state index contributed by atoms with van der Waals surface area (Å²) < 4.78 is 0. The Morgan fingerprint density at radius 1 is 1.15 bits per heavy atom. The fourth-order valence-corrected chi connectivity index (χ4v) is 1.83. The van der Waals surface area contributed by atoms with E-state index in [1.54, 1.807) is 25.5 Å². The van der Waals surface area contributed by atoms with Crippen LogP contribution in [0.25, 0.3) is 0 Å². The van der Waals surface area contributed by atoms with E-state index in [4.69, 9.17) is 0 Å². The molecule has 0 saturated heterocycles. The van der Waals surface area contributed by atoms with Gasteiger partial charge in [-0.15, -0.1) is 0 Å². The third-order valence-electron chi connectivity index (χ3n) is 2.98. The summed E-state index contributed by atoms with van der Waals surface area (Å²) in [6.45, 7) is 0. The average molecular weight is 270 g/mol. The molecule has 0 aliphatic heterocycles. The summed E-state index contributed by atoms with van der Waals surface area (Å²) in [6.07, 6.45) is 3.23. The maximum absolute atomic E-state index is 12.2. The monoisotopic (exact) mass is 270 g/mol. The number of aromatic nitrogens is 1. The minimum absolute atomic E-state index is 0.158. The van der Waals surface area contributed by atoms with Gasteiger partial charge in [-0.25, -0.2) is 0 Å². The van der Waals surface area contributed by atoms with Crippen molar-refractivity contribution >= 4 is 23.0 Å². The van der Waals surface area contributed by atoms with E-state index in [1.807, 2.05) is 43.3 Å². The topological polar surface area (TPSA) is 57.3 Å². The maximum atomic E-state index is 12.2. The molecule has 2 rings (SSSR count). The van der Waals surface area contributed by atoms with Crippen LogP contribution in [0.4, 0.5) is 17.1 Å². The lowest BCUT2D eigenvalue weighted by atomic mass is 10.2. The van der Waals surface area contributed by atoms with Gasteiger partial charge in [0.1, 0.15) is 0 Å². The van der Waals surface area contributed by atoms with Crippen LogP contribution in [0, 0.1) is 0 Å². The van der Waals surface area contributed by atoms with Crippen molar-refractivity contribution in [2.24, 2.45) is 0 Å². The molecule has 1 heterocycles. The number of anilines is 3. The largest absolute Gasteiger partial charge is 0.386 e. The van der Waals surface area contributed by atoms with E-state index in [1.165, 1.54) is 0 Å². The second-order valence-electron chi connectivity index (χ2n) is 4.57. The van der Waals surface area contributed by atoms with E-state index >= 15 is 0 Å². The average Bonchev–Trinajstić information content (AvgIpc) is 2.47. The van der Waals surface area contributed by atoms with Crippen LogP contribution in [0.15, 0.2) is 42.7 Å². The Labute approximate surface area is 118 Å². The van der Waals surface area contributed by atoms with Crippen molar-refractivity contribution in [1.82, 2.24) is 4.98 Å². The molecule has 104 valence electrons. The summed E-state index contributed by atoms with van der Waals surface area (Å²) >= 11 is 0. The SMILES string of the molecule is CNc1cnccc1C(=O)Nc1ccc(N(C)C)cc1. The second kappa shape index (κ2) is 6.06. The Balaban J connectivity index is 2.15. The fraction of sp³-hybridized carbons (Fsp3) is 0.200. The fourth-order valence-electron chi connectivity index (χ4n) is 1.83. The van der Waals surface area contributed by atoms with Crippen LogP contribution in [-0.4, -0.2) is 32.0 Å². The minimum Gasteiger partial charge on any atom is -0.386 e. The van der Waals surface area contributed by atoms with E-state index < -0.39 is 0 Å². The molecule has 0 fully saturated rings. The normalized spacial score (nSPS) is 9.95. The predicted molar refractivity (Wildman–Crippen MR) is 82.5 cm³/mol. The molecule has 1 amide bonds. The molecule has 5 heteroatoms. The zero-order valence-electron chi connectivity index (χ0n) is 11.8. The highest BCUT2D eigenvalue weighted by atomic mass is 16.1. The first-order chi connectivity index (χ1) is 9.61. The number of hydrogen-bond acceptors (Lipinski definition) is 4. The molecule has 0 saturated carbocycles. The van der Waals surface area contributed by atoms with Crippen molar-refractivity contribution in [3.8, 4) is 0 Å². The number of hydrogen-bond donors (Lipinski definition) is 2.